The van der Waals surface area contributed by atoms with Gasteiger partial charge in [0.2, 0.25) is 0 Å². The van der Waals surface area contributed by atoms with Gasteiger partial charge in [-0.05, 0) is 31.1 Å². The number of nitrogens with two attached hydrogens (primary N) is 1. The largest absolute Gasteiger partial charge is 0.325 e. The lowest BCUT2D eigenvalue weighted by Gasteiger charge is -2.25. The quantitative estimate of drug-likeness (QED) is 0.725. The molecule has 14 heavy (non-hydrogen) atoms. The summed E-state index contributed by atoms with van der Waals surface area (Å²) in [6.07, 6.45) is 4.85. The number of halogens is 2. The van der Waals surface area contributed by atoms with Crippen molar-refractivity contribution in [2.75, 3.05) is 13.1 Å². The number of alkyl halides is 2. The van der Waals surface area contributed by atoms with E-state index in [0.29, 0.717) is 12.0 Å². The summed E-state index contributed by atoms with van der Waals surface area (Å²) >= 11 is 0. The van der Waals surface area contributed by atoms with Crippen LogP contribution in [0.3, 0.4) is 0 Å². The fraction of sp³-hybridized carbons (Fsp3) is 1.00. The van der Waals surface area contributed by atoms with Crippen LogP contribution in [0, 0.1) is 11.8 Å². The van der Waals surface area contributed by atoms with Gasteiger partial charge < -0.3 is 11.1 Å². The summed E-state index contributed by atoms with van der Waals surface area (Å²) in [6.45, 7) is -0.807. The minimum absolute atomic E-state index is 0.253. The van der Waals surface area contributed by atoms with Crippen LogP contribution in [-0.2, 0) is 0 Å². The molecule has 3 atom stereocenters. The third kappa shape index (κ3) is 2.06. The molecule has 2 nitrogen and oxygen atoms in total. The van der Waals surface area contributed by atoms with Crippen LogP contribution < -0.4 is 11.1 Å². The summed E-state index contributed by atoms with van der Waals surface area (Å²) in [4.78, 5) is 0. The first-order valence-corrected chi connectivity index (χ1v) is 5.42. The van der Waals surface area contributed by atoms with Crippen LogP contribution >= 0.6 is 0 Å². The Morgan fingerprint density at radius 3 is 2.57 bits per heavy atom. The molecule has 0 heterocycles. The molecule has 2 fully saturated rings. The summed E-state index contributed by atoms with van der Waals surface area (Å²) in [7, 11) is 0. The van der Waals surface area contributed by atoms with E-state index < -0.39 is 12.5 Å². The summed E-state index contributed by atoms with van der Waals surface area (Å²) in [5.74, 6) is -1.29. The highest BCUT2D eigenvalue weighted by molar-refractivity contribution is 4.94. The second kappa shape index (κ2) is 3.74. The Bertz CT molecular complexity index is 208. The molecular formula is C10H18F2N2. The molecule has 0 aromatic heterocycles. The smallest absolute Gasteiger partial charge is 0.272 e. The molecular weight excluding hydrogens is 186 g/mol. The van der Waals surface area contributed by atoms with E-state index in [0.717, 1.165) is 12.3 Å². The van der Waals surface area contributed by atoms with E-state index in [1.54, 1.807) is 0 Å². The van der Waals surface area contributed by atoms with E-state index in [-0.39, 0.29) is 6.54 Å². The monoisotopic (exact) mass is 204 g/mol. The summed E-state index contributed by atoms with van der Waals surface area (Å²) in [6, 6.07) is 0.325. The molecule has 0 saturated heterocycles. The van der Waals surface area contributed by atoms with Crippen molar-refractivity contribution in [3.63, 3.8) is 0 Å². The normalized spacial score (nSPS) is 36.6. The van der Waals surface area contributed by atoms with Gasteiger partial charge in [-0.3, -0.25) is 0 Å². The minimum atomic E-state index is -2.73. The molecule has 0 amide bonds. The zero-order valence-electron chi connectivity index (χ0n) is 8.31. The Balaban J connectivity index is 1.77. The van der Waals surface area contributed by atoms with Crippen molar-refractivity contribution >= 4 is 0 Å². The Hall–Kier alpha value is -0.220. The van der Waals surface area contributed by atoms with Gasteiger partial charge in [0, 0.05) is 6.04 Å². The lowest BCUT2D eigenvalue weighted by Crippen LogP contribution is -2.45. The van der Waals surface area contributed by atoms with Crippen LogP contribution in [-0.4, -0.2) is 25.1 Å². The standard InChI is InChI=1S/C10H18F2N2/c11-10(12,5-13)6-14-9-4-7-1-2-8(9)3-7/h7-9,14H,1-6,13H2. The zero-order valence-corrected chi connectivity index (χ0v) is 8.31. The second-order valence-corrected chi connectivity index (χ2v) is 4.72. The van der Waals surface area contributed by atoms with E-state index in [2.05, 4.69) is 5.32 Å². The van der Waals surface area contributed by atoms with Crippen molar-refractivity contribution in [3.05, 3.63) is 0 Å². The fourth-order valence-electron chi connectivity index (χ4n) is 2.85. The highest BCUT2D eigenvalue weighted by Gasteiger charge is 2.40. The first-order valence-electron chi connectivity index (χ1n) is 5.42. The van der Waals surface area contributed by atoms with Crippen LogP contribution in [0.15, 0.2) is 0 Å². The van der Waals surface area contributed by atoms with Crippen molar-refractivity contribution in [1.82, 2.24) is 5.32 Å². The second-order valence-electron chi connectivity index (χ2n) is 4.72. The third-order valence-electron chi connectivity index (χ3n) is 3.66. The van der Waals surface area contributed by atoms with Gasteiger partial charge in [0.1, 0.15) is 0 Å². The summed E-state index contributed by atoms with van der Waals surface area (Å²) in [5, 5.41) is 2.97. The molecule has 0 aromatic carbocycles. The first-order chi connectivity index (χ1) is 6.61. The van der Waals surface area contributed by atoms with Crippen molar-refractivity contribution in [2.45, 2.75) is 37.6 Å². The third-order valence-corrected chi connectivity index (χ3v) is 3.66. The number of rotatable bonds is 4. The predicted molar refractivity (Wildman–Crippen MR) is 51.2 cm³/mol. The Morgan fingerprint density at radius 2 is 2.07 bits per heavy atom. The van der Waals surface area contributed by atoms with Gasteiger partial charge in [-0.1, -0.05) is 6.42 Å². The zero-order chi connectivity index (χ0) is 10.2. The van der Waals surface area contributed by atoms with Gasteiger partial charge in [0.15, 0.2) is 0 Å². The lowest BCUT2D eigenvalue weighted by atomic mass is 9.95. The molecule has 0 aliphatic heterocycles. The number of hydrogen-bond acceptors (Lipinski definition) is 2. The highest BCUT2D eigenvalue weighted by atomic mass is 19.3. The average Bonchev–Trinajstić information content (AvgIpc) is 2.76. The molecule has 2 aliphatic rings. The predicted octanol–water partition coefficient (Wildman–Crippen LogP) is 1.36. The van der Waals surface area contributed by atoms with E-state index >= 15 is 0 Å². The maximum Gasteiger partial charge on any atom is 0.272 e. The number of nitrogens with one attached hydrogen (secondary N) is 1. The summed E-state index contributed by atoms with van der Waals surface area (Å²) < 4.78 is 25.7. The van der Waals surface area contributed by atoms with Crippen molar-refractivity contribution < 1.29 is 8.78 Å². The van der Waals surface area contributed by atoms with Crippen molar-refractivity contribution in [1.29, 1.82) is 0 Å². The van der Waals surface area contributed by atoms with Gasteiger partial charge in [0.25, 0.3) is 5.92 Å². The van der Waals surface area contributed by atoms with Crippen molar-refractivity contribution in [3.8, 4) is 0 Å². The van der Waals surface area contributed by atoms with Crippen LogP contribution in [0.1, 0.15) is 25.7 Å². The fourth-order valence-corrected chi connectivity index (χ4v) is 2.85. The molecule has 3 N–H and O–H groups in total. The van der Waals surface area contributed by atoms with E-state index in [9.17, 15) is 8.78 Å². The van der Waals surface area contributed by atoms with E-state index in [1.807, 2.05) is 0 Å². The minimum Gasteiger partial charge on any atom is -0.325 e. The molecule has 0 radical (unpaired) electrons. The summed E-state index contributed by atoms with van der Waals surface area (Å²) in [5.41, 5.74) is 4.98. The van der Waals surface area contributed by atoms with Crippen LogP contribution in [0.2, 0.25) is 0 Å². The molecule has 82 valence electrons. The van der Waals surface area contributed by atoms with Gasteiger partial charge in [-0.15, -0.1) is 0 Å². The van der Waals surface area contributed by atoms with Crippen LogP contribution in [0.25, 0.3) is 0 Å². The number of fused-ring (bicyclic) bond motifs is 2. The molecule has 0 spiro atoms. The molecule has 2 bridgehead atoms. The first kappa shape index (κ1) is 10.3. The van der Waals surface area contributed by atoms with Crippen molar-refractivity contribution in [2.24, 2.45) is 17.6 Å². The molecule has 0 aromatic rings. The highest BCUT2D eigenvalue weighted by Crippen LogP contribution is 2.44. The van der Waals surface area contributed by atoms with Gasteiger partial charge >= 0.3 is 0 Å². The molecule has 2 saturated carbocycles. The van der Waals surface area contributed by atoms with Crippen LogP contribution in [0.5, 0.6) is 0 Å². The van der Waals surface area contributed by atoms with E-state index in [4.69, 9.17) is 5.73 Å². The Labute approximate surface area is 83.2 Å². The number of hydrogen-bond donors (Lipinski definition) is 2. The average molecular weight is 204 g/mol. The Kier molecular flexibility index (Phi) is 2.75. The van der Waals surface area contributed by atoms with Gasteiger partial charge in [0.05, 0.1) is 13.1 Å². The lowest BCUT2D eigenvalue weighted by molar-refractivity contribution is 0.00743. The Morgan fingerprint density at radius 1 is 1.29 bits per heavy atom. The SMILES string of the molecule is NCC(F)(F)CNC1CC2CCC1C2. The topological polar surface area (TPSA) is 38.0 Å². The van der Waals surface area contributed by atoms with Crippen LogP contribution in [0.4, 0.5) is 8.78 Å². The van der Waals surface area contributed by atoms with Gasteiger partial charge in [-0.2, -0.15) is 0 Å². The molecule has 2 rings (SSSR count). The van der Waals surface area contributed by atoms with E-state index in [1.165, 1.54) is 19.3 Å². The van der Waals surface area contributed by atoms with Gasteiger partial charge in [-0.25, -0.2) is 8.78 Å². The maximum atomic E-state index is 12.9. The molecule has 3 unspecified atom stereocenters. The molecule has 4 heteroatoms. The molecule has 2 aliphatic carbocycles. The maximum absolute atomic E-state index is 12.9.